The van der Waals surface area contributed by atoms with Gasteiger partial charge < -0.3 is 9.47 Å². The quantitative estimate of drug-likeness (QED) is 0.520. The van der Waals surface area contributed by atoms with Crippen LogP contribution in [0, 0.1) is 17.8 Å². The minimum absolute atomic E-state index is 0.0603. The van der Waals surface area contributed by atoms with Crippen LogP contribution >= 0.6 is 0 Å². The average Bonchev–Trinajstić information content (AvgIpc) is 2.88. The van der Waals surface area contributed by atoms with Gasteiger partial charge in [-0.1, -0.05) is 11.6 Å². The summed E-state index contributed by atoms with van der Waals surface area (Å²) in [5.74, 6) is -1.47. The zero-order valence-electron chi connectivity index (χ0n) is 9.44. The van der Waals surface area contributed by atoms with Crippen molar-refractivity contribution in [2.45, 2.75) is 13.8 Å². The molecule has 1 aliphatic carbocycles. The number of carbonyl (C=O) groups is 2. The fourth-order valence-corrected chi connectivity index (χ4v) is 1.81. The first-order valence-electron chi connectivity index (χ1n) is 4.83. The lowest BCUT2D eigenvalue weighted by atomic mass is 10.2. The van der Waals surface area contributed by atoms with Crippen LogP contribution in [0.3, 0.4) is 0 Å². The molecule has 0 N–H and O–H groups in total. The summed E-state index contributed by atoms with van der Waals surface area (Å²) in [6.07, 6.45) is 1.92. The Balaban J connectivity index is 2.75. The predicted molar refractivity (Wildman–Crippen MR) is 53.9 cm³/mol. The highest BCUT2D eigenvalue weighted by atomic mass is 16.5. The Morgan fingerprint density at radius 1 is 1.00 bits per heavy atom. The lowest BCUT2D eigenvalue weighted by Crippen LogP contribution is -2.10. The van der Waals surface area contributed by atoms with E-state index in [0.717, 1.165) is 5.57 Å². The zero-order chi connectivity index (χ0) is 11.6. The first-order valence-corrected chi connectivity index (χ1v) is 4.83. The second-order valence-electron chi connectivity index (χ2n) is 3.92. The molecule has 2 atom stereocenters. The van der Waals surface area contributed by atoms with Gasteiger partial charge in [0.05, 0.1) is 26.1 Å². The molecule has 0 aliphatic heterocycles. The number of rotatable bonds is 3. The molecule has 2 unspecified atom stereocenters. The van der Waals surface area contributed by atoms with Gasteiger partial charge in [-0.05, 0) is 13.8 Å². The molecule has 0 aromatic heterocycles. The van der Waals surface area contributed by atoms with Gasteiger partial charge in [-0.2, -0.15) is 0 Å². The molecule has 15 heavy (non-hydrogen) atoms. The van der Waals surface area contributed by atoms with Crippen LogP contribution in [0.15, 0.2) is 11.6 Å². The molecule has 0 bridgehead atoms. The maximum atomic E-state index is 11.3. The molecule has 4 heteroatoms. The zero-order valence-corrected chi connectivity index (χ0v) is 9.44. The molecule has 0 amide bonds. The first kappa shape index (κ1) is 11.8. The molecule has 0 aromatic carbocycles. The maximum absolute atomic E-state index is 11.3. The van der Waals surface area contributed by atoms with Crippen molar-refractivity contribution < 1.29 is 19.1 Å². The van der Waals surface area contributed by atoms with Crippen LogP contribution in [0.1, 0.15) is 13.8 Å². The van der Waals surface area contributed by atoms with Crippen LogP contribution < -0.4 is 0 Å². The van der Waals surface area contributed by atoms with E-state index in [9.17, 15) is 9.59 Å². The van der Waals surface area contributed by atoms with E-state index in [1.165, 1.54) is 14.2 Å². The summed E-state index contributed by atoms with van der Waals surface area (Å²) in [5, 5.41) is 0. The van der Waals surface area contributed by atoms with Crippen LogP contribution in [0.2, 0.25) is 0 Å². The predicted octanol–water partition coefficient (Wildman–Crippen LogP) is 1.16. The molecule has 0 heterocycles. The Morgan fingerprint density at radius 2 is 1.40 bits per heavy atom. The van der Waals surface area contributed by atoms with Gasteiger partial charge in [0, 0.05) is 5.92 Å². The molecule has 1 fully saturated rings. The van der Waals surface area contributed by atoms with Crippen molar-refractivity contribution in [2.75, 3.05) is 14.2 Å². The van der Waals surface area contributed by atoms with E-state index in [2.05, 4.69) is 9.47 Å². The van der Waals surface area contributed by atoms with Crippen LogP contribution in [0.25, 0.3) is 0 Å². The van der Waals surface area contributed by atoms with E-state index in [1.807, 2.05) is 19.9 Å². The van der Waals surface area contributed by atoms with Gasteiger partial charge in [0.25, 0.3) is 0 Å². The van der Waals surface area contributed by atoms with Gasteiger partial charge in [-0.25, -0.2) is 0 Å². The van der Waals surface area contributed by atoms with Crippen molar-refractivity contribution in [1.29, 1.82) is 0 Å². The molecule has 0 aromatic rings. The van der Waals surface area contributed by atoms with E-state index in [1.54, 1.807) is 0 Å². The normalized spacial score (nSPS) is 27.9. The number of allylic oxidation sites excluding steroid dienone is 2. The highest BCUT2D eigenvalue weighted by Crippen LogP contribution is 2.49. The number of methoxy groups -OCH3 is 2. The van der Waals surface area contributed by atoms with E-state index in [4.69, 9.17) is 0 Å². The number of hydrogen-bond donors (Lipinski definition) is 0. The fraction of sp³-hybridized carbons (Fsp3) is 0.636. The fourth-order valence-electron chi connectivity index (χ4n) is 1.81. The highest BCUT2D eigenvalue weighted by Gasteiger charge is 2.59. The summed E-state index contributed by atoms with van der Waals surface area (Å²) in [4.78, 5) is 22.7. The van der Waals surface area contributed by atoms with Crippen molar-refractivity contribution in [2.24, 2.45) is 17.8 Å². The van der Waals surface area contributed by atoms with E-state index >= 15 is 0 Å². The van der Waals surface area contributed by atoms with Crippen molar-refractivity contribution in [3.8, 4) is 0 Å². The molecular formula is C11H16O4. The van der Waals surface area contributed by atoms with Gasteiger partial charge in [0.1, 0.15) is 0 Å². The Labute approximate surface area is 89.2 Å². The first-order chi connectivity index (χ1) is 7.02. The third-order valence-electron chi connectivity index (χ3n) is 2.55. The Morgan fingerprint density at radius 3 is 1.67 bits per heavy atom. The largest absolute Gasteiger partial charge is 0.469 e. The lowest BCUT2D eigenvalue weighted by molar-refractivity contribution is -0.148. The average molecular weight is 212 g/mol. The van der Waals surface area contributed by atoms with Crippen molar-refractivity contribution in [1.82, 2.24) is 0 Å². The van der Waals surface area contributed by atoms with Crippen molar-refractivity contribution in [3.63, 3.8) is 0 Å². The minimum Gasteiger partial charge on any atom is -0.469 e. The number of ether oxygens (including phenoxy) is 2. The van der Waals surface area contributed by atoms with Gasteiger partial charge in [0.15, 0.2) is 0 Å². The monoisotopic (exact) mass is 212 g/mol. The molecule has 0 spiro atoms. The molecule has 84 valence electrons. The number of hydrogen-bond acceptors (Lipinski definition) is 4. The summed E-state index contributed by atoms with van der Waals surface area (Å²) < 4.78 is 9.27. The third kappa shape index (κ3) is 2.37. The topological polar surface area (TPSA) is 52.6 Å². The van der Waals surface area contributed by atoms with Crippen molar-refractivity contribution in [3.05, 3.63) is 11.6 Å². The Bertz CT molecular complexity index is 280. The minimum atomic E-state index is -0.364. The Kier molecular flexibility index (Phi) is 3.50. The second-order valence-corrected chi connectivity index (χ2v) is 3.92. The van der Waals surface area contributed by atoms with Gasteiger partial charge in [0.2, 0.25) is 0 Å². The molecule has 4 nitrogen and oxygen atoms in total. The smallest absolute Gasteiger partial charge is 0.310 e. The molecular weight excluding hydrogens is 196 g/mol. The summed E-state index contributed by atoms with van der Waals surface area (Å²) in [7, 11) is 2.66. The van der Waals surface area contributed by atoms with Crippen molar-refractivity contribution >= 4 is 11.9 Å². The van der Waals surface area contributed by atoms with E-state index in [-0.39, 0.29) is 29.7 Å². The summed E-state index contributed by atoms with van der Waals surface area (Å²) in [6.45, 7) is 3.86. The molecule has 1 saturated carbocycles. The molecule has 0 radical (unpaired) electrons. The number of carbonyl (C=O) groups excluding carboxylic acids is 2. The van der Waals surface area contributed by atoms with Crippen LogP contribution in [-0.4, -0.2) is 26.2 Å². The van der Waals surface area contributed by atoms with E-state index in [0.29, 0.717) is 0 Å². The van der Waals surface area contributed by atoms with E-state index < -0.39 is 0 Å². The van der Waals surface area contributed by atoms with Gasteiger partial charge in [-0.15, -0.1) is 0 Å². The number of esters is 2. The second kappa shape index (κ2) is 4.47. The van der Waals surface area contributed by atoms with Crippen LogP contribution in [0.5, 0.6) is 0 Å². The highest BCUT2D eigenvalue weighted by molar-refractivity contribution is 5.88. The van der Waals surface area contributed by atoms with Crippen LogP contribution in [0.4, 0.5) is 0 Å². The lowest BCUT2D eigenvalue weighted by Gasteiger charge is -1.95. The standard InChI is InChI=1S/C11H16O4/c1-6(2)5-7-8(10(12)14-3)9(7)11(13)15-4/h5,7-9H,1-4H3. The maximum Gasteiger partial charge on any atom is 0.310 e. The van der Waals surface area contributed by atoms with Gasteiger partial charge >= 0.3 is 11.9 Å². The third-order valence-corrected chi connectivity index (χ3v) is 2.55. The summed E-state index contributed by atoms with van der Waals surface area (Å²) in [6, 6.07) is 0. The van der Waals surface area contributed by atoms with Gasteiger partial charge in [-0.3, -0.25) is 9.59 Å². The SMILES string of the molecule is COC(=O)C1C(C=C(C)C)C1C(=O)OC. The molecule has 1 rings (SSSR count). The summed E-state index contributed by atoms with van der Waals surface area (Å²) >= 11 is 0. The molecule has 1 aliphatic rings. The van der Waals surface area contributed by atoms with Crippen LogP contribution in [-0.2, 0) is 19.1 Å². The Hall–Kier alpha value is -1.32. The molecule has 0 saturated heterocycles. The summed E-state index contributed by atoms with van der Waals surface area (Å²) in [5.41, 5.74) is 1.08.